The fourth-order valence-electron chi connectivity index (χ4n) is 5.39. The first kappa shape index (κ1) is 26.5. The zero-order valence-corrected chi connectivity index (χ0v) is 20.9. The van der Waals surface area contributed by atoms with Crippen LogP contribution in [0.1, 0.15) is 50.2 Å². The second-order valence-corrected chi connectivity index (χ2v) is 9.66. The molecule has 3 rings (SSSR count). The second kappa shape index (κ2) is 11.1. The van der Waals surface area contributed by atoms with Gasteiger partial charge in [-0.05, 0) is 54.7 Å². The summed E-state index contributed by atoms with van der Waals surface area (Å²) < 4.78 is 0. The van der Waals surface area contributed by atoms with E-state index in [4.69, 9.17) is 28.3 Å². The molecule has 0 bridgehead atoms. The van der Waals surface area contributed by atoms with Crippen molar-refractivity contribution in [2.45, 2.75) is 62.1 Å². The van der Waals surface area contributed by atoms with Crippen LogP contribution in [0.25, 0.3) is 0 Å². The third kappa shape index (κ3) is 4.68. The molecule has 1 saturated heterocycles. The molecule has 1 amide bonds. The molecule has 1 aliphatic rings. The van der Waals surface area contributed by atoms with Crippen LogP contribution in [0.3, 0.4) is 0 Å². The van der Waals surface area contributed by atoms with Crippen LogP contribution in [-0.2, 0) is 10.2 Å². The van der Waals surface area contributed by atoms with Gasteiger partial charge < -0.3 is 15.5 Å². The minimum Gasteiger partial charge on any atom is -0.394 e. The van der Waals surface area contributed by atoms with E-state index in [1.165, 1.54) is 0 Å². The number of rotatable bonds is 9. The Bertz CT molecular complexity index is 1040. The number of aliphatic hydroxyl groups is 2. The van der Waals surface area contributed by atoms with Crippen molar-refractivity contribution < 1.29 is 15.0 Å². The van der Waals surface area contributed by atoms with Crippen molar-refractivity contribution in [2.24, 2.45) is 0 Å². The summed E-state index contributed by atoms with van der Waals surface area (Å²) in [5.74, 6) is -0.812. The first-order valence-electron chi connectivity index (χ1n) is 11.6. The van der Waals surface area contributed by atoms with Crippen molar-refractivity contribution in [2.75, 3.05) is 13.2 Å². The Morgan fingerprint density at radius 3 is 2.41 bits per heavy atom. The molecule has 2 aromatic rings. The summed E-state index contributed by atoms with van der Waals surface area (Å²) in [4.78, 5) is 13.5. The van der Waals surface area contributed by atoms with E-state index < -0.39 is 29.0 Å². The average molecular weight is 504 g/mol. The molecule has 0 spiro atoms. The van der Waals surface area contributed by atoms with Gasteiger partial charge in [0.25, 0.3) is 0 Å². The van der Waals surface area contributed by atoms with E-state index in [0.29, 0.717) is 22.9 Å². The maximum absolute atomic E-state index is 13.5. The number of benzene rings is 2. The third-order valence-electron chi connectivity index (χ3n) is 7.15. The molecule has 0 radical (unpaired) electrons. The topological polar surface area (TPSA) is 105 Å². The molecule has 1 fully saturated rings. The van der Waals surface area contributed by atoms with E-state index in [0.717, 1.165) is 11.1 Å². The molecule has 34 heavy (non-hydrogen) atoms. The minimum atomic E-state index is -1.08. The normalized spacial score (nSPS) is 24.4. The van der Waals surface area contributed by atoms with Gasteiger partial charge in [0.2, 0.25) is 5.91 Å². The number of nitrogens with zero attached hydrogens (tertiary/aromatic N) is 1. The number of carbonyl (C=O) groups is 1. The molecule has 6 nitrogen and oxygen atoms in total. The van der Waals surface area contributed by atoms with E-state index in [9.17, 15) is 15.2 Å². The first-order chi connectivity index (χ1) is 16.3. The molecular weight excluding hydrogens is 473 g/mol. The largest absolute Gasteiger partial charge is 0.394 e. The van der Waals surface area contributed by atoms with Crippen LogP contribution < -0.4 is 10.6 Å². The number of nitriles is 1. The lowest BCUT2D eigenvalue weighted by Gasteiger charge is -2.43. The lowest BCUT2D eigenvalue weighted by molar-refractivity contribution is -0.123. The van der Waals surface area contributed by atoms with Crippen LogP contribution in [0.4, 0.5) is 0 Å². The van der Waals surface area contributed by atoms with Gasteiger partial charge in [0.15, 0.2) is 0 Å². The van der Waals surface area contributed by atoms with Crippen molar-refractivity contribution in [1.82, 2.24) is 10.6 Å². The number of halogens is 2. The lowest BCUT2D eigenvalue weighted by atomic mass is 9.58. The molecule has 1 aliphatic heterocycles. The Morgan fingerprint density at radius 1 is 1.18 bits per heavy atom. The van der Waals surface area contributed by atoms with Gasteiger partial charge in [0.1, 0.15) is 5.41 Å². The Kier molecular flexibility index (Phi) is 8.62. The van der Waals surface area contributed by atoms with Crippen molar-refractivity contribution in [3.63, 3.8) is 0 Å². The lowest BCUT2D eigenvalue weighted by Crippen LogP contribution is -2.55. The van der Waals surface area contributed by atoms with E-state index in [1.807, 2.05) is 44.2 Å². The molecule has 4 N–H and O–H groups in total. The fourth-order valence-corrected chi connectivity index (χ4v) is 5.71. The van der Waals surface area contributed by atoms with Gasteiger partial charge in [-0.15, -0.1) is 0 Å². The van der Waals surface area contributed by atoms with Gasteiger partial charge in [0, 0.05) is 28.0 Å². The summed E-state index contributed by atoms with van der Waals surface area (Å²) in [5, 5.41) is 37.1. The van der Waals surface area contributed by atoms with Crippen LogP contribution in [-0.4, -0.2) is 47.0 Å². The predicted octanol–water partition coefficient (Wildman–Crippen LogP) is 3.93. The van der Waals surface area contributed by atoms with Crippen molar-refractivity contribution in [1.29, 1.82) is 5.26 Å². The van der Waals surface area contributed by atoms with Crippen LogP contribution in [0, 0.1) is 11.3 Å². The number of amides is 1. The standard InChI is InChI=1S/C26H31Cl2N3O3/c1-3-25(4-2)26(16-29,18-8-10-19(27)11-9-18)22(17-6-5-7-20(28)14-17)23(31-25)24(34)30-13-12-21(33)15-32/h5-11,14,21-23,31-33H,3-4,12-13,15H2,1-2H3,(H,30,34)/t21-,22-,23+,26?/m0/s1. The Labute approximate surface area is 210 Å². The Morgan fingerprint density at radius 2 is 1.85 bits per heavy atom. The van der Waals surface area contributed by atoms with Crippen LogP contribution in [0.15, 0.2) is 48.5 Å². The Hall–Kier alpha value is -2.14. The van der Waals surface area contributed by atoms with E-state index >= 15 is 0 Å². The van der Waals surface area contributed by atoms with Crippen molar-refractivity contribution in [3.05, 3.63) is 69.7 Å². The van der Waals surface area contributed by atoms with Gasteiger partial charge in [-0.3, -0.25) is 10.1 Å². The molecule has 1 heterocycles. The van der Waals surface area contributed by atoms with E-state index in [2.05, 4.69) is 16.7 Å². The first-order valence-corrected chi connectivity index (χ1v) is 12.3. The fraction of sp³-hybridized carbons (Fsp3) is 0.462. The molecule has 0 aromatic heterocycles. The van der Waals surface area contributed by atoms with Crippen molar-refractivity contribution in [3.8, 4) is 6.07 Å². The highest BCUT2D eigenvalue weighted by Crippen LogP contribution is 2.56. The van der Waals surface area contributed by atoms with Crippen molar-refractivity contribution >= 4 is 29.1 Å². The maximum Gasteiger partial charge on any atom is 0.237 e. The second-order valence-electron chi connectivity index (χ2n) is 8.79. The number of hydrogen-bond acceptors (Lipinski definition) is 5. The zero-order valence-electron chi connectivity index (χ0n) is 19.4. The highest BCUT2D eigenvalue weighted by atomic mass is 35.5. The van der Waals surface area contributed by atoms with Gasteiger partial charge in [-0.2, -0.15) is 5.26 Å². The smallest absolute Gasteiger partial charge is 0.237 e. The Balaban J connectivity index is 2.18. The summed E-state index contributed by atoms with van der Waals surface area (Å²) in [5.41, 5.74) is -0.212. The number of nitrogens with one attached hydrogen (secondary N) is 2. The number of aliphatic hydroxyl groups excluding tert-OH is 2. The van der Waals surface area contributed by atoms with Crippen LogP contribution in [0.5, 0.6) is 0 Å². The minimum absolute atomic E-state index is 0.201. The SMILES string of the molecule is CCC1(CC)N[C@@H](C(=O)NCC[C@H](O)CO)[C@H](c2cccc(Cl)c2)C1(C#N)c1ccc(Cl)cc1. The molecule has 0 saturated carbocycles. The highest BCUT2D eigenvalue weighted by molar-refractivity contribution is 6.30. The molecule has 1 unspecified atom stereocenters. The van der Waals surface area contributed by atoms with Gasteiger partial charge in [-0.1, -0.05) is 61.3 Å². The molecule has 0 aliphatic carbocycles. The summed E-state index contributed by atoms with van der Waals surface area (Å²) in [6, 6.07) is 16.5. The average Bonchev–Trinajstić information content (AvgIpc) is 3.16. The summed E-state index contributed by atoms with van der Waals surface area (Å²) >= 11 is 12.5. The molecule has 2 aromatic carbocycles. The van der Waals surface area contributed by atoms with E-state index in [1.54, 1.807) is 18.2 Å². The van der Waals surface area contributed by atoms with Crippen LogP contribution >= 0.6 is 23.2 Å². The van der Waals surface area contributed by atoms with Gasteiger partial charge in [0.05, 0.1) is 24.8 Å². The van der Waals surface area contributed by atoms with Gasteiger partial charge in [-0.25, -0.2) is 0 Å². The molecular formula is C26H31Cl2N3O3. The zero-order chi connectivity index (χ0) is 24.9. The van der Waals surface area contributed by atoms with Gasteiger partial charge >= 0.3 is 0 Å². The molecule has 8 heteroatoms. The highest BCUT2D eigenvalue weighted by Gasteiger charge is 2.65. The molecule has 4 atom stereocenters. The summed E-state index contributed by atoms with van der Waals surface area (Å²) in [6.07, 6.45) is 0.551. The number of carbonyl (C=O) groups excluding carboxylic acids is 1. The molecule has 182 valence electrons. The maximum atomic E-state index is 13.5. The predicted molar refractivity (Wildman–Crippen MR) is 134 cm³/mol. The summed E-state index contributed by atoms with van der Waals surface area (Å²) in [7, 11) is 0. The number of hydrogen-bond donors (Lipinski definition) is 4. The van der Waals surface area contributed by atoms with E-state index in [-0.39, 0.29) is 25.5 Å². The summed E-state index contributed by atoms with van der Waals surface area (Å²) in [6.45, 7) is 3.87. The monoisotopic (exact) mass is 503 g/mol. The van der Waals surface area contributed by atoms with Crippen LogP contribution in [0.2, 0.25) is 10.0 Å². The third-order valence-corrected chi connectivity index (χ3v) is 7.63. The quantitative estimate of drug-likeness (QED) is 0.414.